The number of aryl methyl sites for hydroxylation is 2. The first-order valence-corrected chi connectivity index (χ1v) is 4.00. The molecule has 0 unspecified atom stereocenters. The summed E-state index contributed by atoms with van der Waals surface area (Å²) in [6.07, 6.45) is 1.38. The van der Waals surface area contributed by atoms with Gasteiger partial charge in [-0.05, 0) is 18.2 Å². The molecule has 2 rings (SSSR count). The van der Waals surface area contributed by atoms with Crippen molar-refractivity contribution in [3.05, 3.63) is 29.5 Å². The Kier molecular flexibility index (Phi) is 1.88. The third kappa shape index (κ3) is 1.41. The van der Waals surface area contributed by atoms with Gasteiger partial charge in [0.05, 0.1) is 12.6 Å². The number of aromatic nitrogens is 4. The zero-order valence-corrected chi connectivity index (χ0v) is 7.76. The van der Waals surface area contributed by atoms with Gasteiger partial charge in [-0.3, -0.25) is 4.79 Å². The number of carbonyl (C=O) groups is 1. The Hall–Kier alpha value is -1.98. The minimum Gasteiger partial charge on any atom is -0.469 e. The van der Waals surface area contributed by atoms with E-state index in [4.69, 9.17) is 4.42 Å². The van der Waals surface area contributed by atoms with Crippen molar-refractivity contribution in [3.63, 3.8) is 0 Å². The molecule has 2 aromatic rings. The molecular formula is C8H8N4O2. The van der Waals surface area contributed by atoms with Crippen molar-refractivity contribution in [1.29, 1.82) is 0 Å². The first kappa shape index (κ1) is 8.61. The van der Waals surface area contributed by atoms with E-state index in [-0.39, 0.29) is 11.6 Å². The van der Waals surface area contributed by atoms with Crippen LogP contribution in [0.3, 0.4) is 0 Å². The number of hydrogen-bond donors (Lipinski definition) is 0. The standard InChI is InChI=1S/C8H8N4O2/c1-5-3-6(4-14-5)7(13)8-9-11-12(2)10-8/h3-4H,1-2H3. The topological polar surface area (TPSA) is 73.8 Å². The number of nitrogens with zero attached hydrogens (tertiary/aromatic N) is 4. The van der Waals surface area contributed by atoms with Crippen molar-refractivity contribution in [2.45, 2.75) is 6.92 Å². The summed E-state index contributed by atoms with van der Waals surface area (Å²) in [5.41, 5.74) is 0.440. The number of hydrogen-bond acceptors (Lipinski definition) is 5. The lowest BCUT2D eigenvalue weighted by Gasteiger charge is -1.86. The molecule has 0 radical (unpaired) electrons. The average Bonchev–Trinajstić information content (AvgIpc) is 2.73. The summed E-state index contributed by atoms with van der Waals surface area (Å²) in [5, 5.41) is 11.0. The van der Waals surface area contributed by atoms with Crippen molar-refractivity contribution in [3.8, 4) is 0 Å². The van der Waals surface area contributed by atoms with E-state index in [1.807, 2.05) is 0 Å². The van der Waals surface area contributed by atoms with Crippen LogP contribution in [0.25, 0.3) is 0 Å². The maximum Gasteiger partial charge on any atom is 0.245 e. The van der Waals surface area contributed by atoms with Gasteiger partial charge in [-0.15, -0.1) is 10.2 Å². The highest BCUT2D eigenvalue weighted by Gasteiger charge is 2.16. The van der Waals surface area contributed by atoms with Crippen LogP contribution < -0.4 is 0 Å². The largest absolute Gasteiger partial charge is 0.469 e. The van der Waals surface area contributed by atoms with Gasteiger partial charge >= 0.3 is 0 Å². The van der Waals surface area contributed by atoms with Crippen molar-refractivity contribution >= 4 is 5.78 Å². The predicted octanol–water partition coefficient (Wildman–Crippen LogP) is 0.343. The molecule has 0 aliphatic carbocycles. The molecule has 0 saturated heterocycles. The summed E-state index contributed by atoms with van der Waals surface area (Å²) in [5.74, 6) is 0.473. The zero-order valence-electron chi connectivity index (χ0n) is 7.76. The Morgan fingerprint density at radius 3 is 2.86 bits per heavy atom. The minimum atomic E-state index is -0.282. The second-order valence-corrected chi connectivity index (χ2v) is 2.88. The Balaban J connectivity index is 2.33. The second-order valence-electron chi connectivity index (χ2n) is 2.88. The normalized spacial score (nSPS) is 10.4. The fraction of sp³-hybridized carbons (Fsp3) is 0.250. The van der Waals surface area contributed by atoms with Crippen LogP contribution in [0.4, 0.5) is 0 Å². The van der Waals surface area contributed by atoms with E-state index < -0.39 is 0 Å². The highest BCUT2D eigenvalue weighted by atomic mass is 16.3. The Bertz CT molecular complexity index is 429. The van der Waals surface area contributed by atoms with Gasteiger partial charge in [0.25, 0.3) is 0 Å². The summed E-state index contributed by atoms with van der Waals surface area (Å²) < 4.78 is 5.01. The monoisotopic (exact) mass is 192 g/mol. The van der Waals surface area contributed by atoms with E-state index in [1.54, 1.807) is 20.0 Å². The van der Waals surface area contributed by atoms with Crippen molar-refractivity contribution < 1.29 is 9.21 Å². The van der Waals surface area contributed by atoms with E-state index in [0.29, 0.717) is 11.3 Å². The highest BCUT2D eigenvalue weighted by molar-refractivity contribution is 6.06. The first-order chi connectivity index (χ1) is 6.66. The van der Waals surface area contributed by atoms with Gasteiger partial charge in [-0.25, -0.2) is 0 Å². The van der Waals surface area contributed by atoms with Gasteiger partial charge in [-0.2, -0.15) is 4.80 Å². The van der Waals surface area contributed by atoms with Crippen LogP contribution >= 0.6 is 0 Å². The molecule has 0 aliphatic heterocycles. The minimum absolute atomic E-state index is 0.0771. The van der Waals surface area contributed by atoms with Crippen molar-refractivity contribution in [2.24, 2.45) is 7.05 Å². The molecule has 14 heavy (non-hydrogen) atoms. The molecule has 0 fully saturated rings. The molecule has 0 N–H and O–H groups in total. The fourth-order valence-electron chi connectivity index (χ4n) is 1.07. The molecule has 0 bridgehead atoms. The maximum atomic E-state index is 11.6. The van der Waals surface area contributed by atoms with Gasteiger partial charge in [0, 0.05) is 0 Å². The lowest BCUT2D eigenvalue weighted by Crippen LogP contribution is -2.03. The molecule has 0 atom stereocenters. The van der Waals surface area contributed by atoms with E-state index in [1.165, 1.54) is 11.1 Å². The van der Waals surface area contributed by atoms with Crippen LogP contribution in [0.15, 0.2) is 16.7 Å². The lowest BCUT2D eigenvalue weighted by atomic mass is 10.2. The van der Waals surface area contributed by atoms with Gasteiger partial charge in [0.15, 0.2) is 0 Å². The third-order valence-electron chi connectivity index (χ3n) is 1.70. The van der Waals surface area contributed by atoms with Gasteiger partial charge < -0.3 is 4.42 Å². The maximum absolute atomic E-state index is 11.6. The summed E-state index contributed by atoms with van der Waals surface area (Å²) in [4.78, 5) is 12.9. The Labute approximate surface area is 79.5 Å². The molecule has 6 heteroatoms. The second kappa shape index (κ2) is 3.06. The first-order valence-electron chi connectivity index (χ1n) is 4.00. The number of ketones is 1. The number of furan rings is 1. The van der Waals surface area contributed by atoms with Crippen LogP contribution in [0, 0.1) is 6.92 Å². The van der Waals surface area contributed by atoms with Crippen LogP contribution in [0.2, 0.25) is 0 Å². The molecule has 0 spiro atoms. The number of carbonyl (C=O) groups excluding carboxylic acids is 1. The van der Waals surface area contributed by atoms with Crippen LogP contribution in [-0.2, 0) is 7.05 Å². The average molecular weight is 192 g/mol. The molecule has 0 amide bonds. The molecular weight excluding hydrogens is 184 g/mol. The molecule has 2 aromatic heterocycles. The SMILES string of the molecule is Cc1cc(C(=O)c2nnn(C)n2)co1. The summed E-state index contributed by atoms with van der Waals surface area (Å²) in [6, 6.07) is 1.64. The highest BCUT2D eigenvalue weighted by Crippen LogP contribution is 2.09. The molecule has 0 aromatic carbocycles. The molecule has 6 nitrogen and oxygen atoms in total. The van der Waals surface area contributed by atoms with E-state index in [2.05, 4.69) is 15.4 Å². The smallest absolute Gasteiger partial charge is 0.245 e. The third-order valence-corrected chi connectivity index (χ3v) is 1.70. The summed E-state index contributed by atoms with van der Waals surface area (Å²) in [7, 11) is 1.60. The summed E-state index contributed by atoms with van der Waals surface area (Å²) >= 11 is 0. The molecule has 72 valence electrons. The van der Waals surface area contributed by atoms with Gasteiger partial charge in [0.2, 0.25) is 11.6 Å². The number of rotatable bonds is 2. The van der Waals surface area contributed by atoms with Crippen molar-refractivity contribution in [1.82, 2.24) is 20.2 Å². The van der Waals surface area contributed by atoms with Crippen molar-refractivity contribution in [2.75, 3.05) is 0 Å². The number of tetrazole rings is 1. The van der Waals surface area contributed by atoms with Crippen LogP contribution in [0.1, 0.15) is 21.9 Å². The quantitative estimate of drug-likeness (QED) is 0.641. The predicted molar refractivity (Wildman–Crippen MR) is 45.7 cm³/mol. The Morgan fingerprint density at radius 2 is 2.36 bits per heavy atom. The van der Waals surface area contributed by atoms with Gasteiger partial charge in [-0.1, -0.05) is 0 Å². The van der Waals surface area contributed by atoms with E-state index in [9.17, 15) is 4.79 Å². The molecule has 0 aliphatic rings. The van der Waals surface area contributed by atoms with Crippen LogP contribution in [-0.4, -0.2) is 26.0 Å². The molecule has 0 saturated carbocycles. The van der Waals surface area contributed by atoms with Gasteiger partial charge in [0.1, 0.15) is 12.0 Å². The zero-order chi connectivity index (χ0) is 10.1. The van der Waals surface area contributed by atoms with E-state index >= 15 is 0 Å². The van der Waals surface area contributed by atoms with Crippen LogP contribution in [0.5, 0.6) is 0 Å². The summed E-state index contributed by atoms with van der Waals surface area (Å²) in [6.45, 7) is 1.76. The molecule has 2 heterocycles. The van der Waals surface area contributed by atoms with E-state index in [0.717, 1.165) is 0 Å². The fourth-order valence-corrected chi connectivity index (χ4v) is 1.07. The Morgan fingerprint density at radius 1 is 1.57 bits per heavy atom. The lowest BCUT2D eigenvalue weighted by molar-refractivity contribution is 0.102.